The third-order valence-corrected chi connectivity index (χ3v) is 5.12. The Bertz CT molecular complexity index is 962. The number of nitrogens with zero attached hydrogens (tertiary/aromatic N) is 1. The van der Waals surface area contributed by atoms with Gasteiger partial charge in [0.1, 0.15) is 29.7 Å². The number of hydrogen-bond donors (Lipinski definition) is 2. The summed E-state index contributed by atoms with van der Waals surface area (Å²) < 4.78 is 21.3. The van der Waals surface area contributed by atoms with Crippen LogP contribution in [0.4, 0.5) is 4.79 Å². The number of aliphatic hydroxyl groups excluding tert-OH is 1. The Kier molecular flexibility index (Phi) is 5.13. The van der Waals surface area contributed by atoms with Gasteiger partial charge in [-0.25, -0.2) is 4.79 Å². The first-order chi connectivity index (χ1) is 14.4. The van der Waals surface area contributed by atoms with Gasteiger partial charge in [0.25, 0.3) is 5.91 Å². The number of aliphatic hydroxyl groups is 1. The molecule has 0 aromatic heterocycles. The molecule has 1 fully saturated rings. The largest absolute Gasteiger partial charge is 0.497 e. The lowest BCUT2D eigenvalue weighted by Gasteiger charge is -2.23. The number of amides is 3. The van der Waals surface area contributed by atoms with Crippen LogP contribution in [0.15, 0.2) is 42.5 Å². The average Bonchev–Trinajstić information content (AvgIpc) is 3.31. The maximum Gasteiger partial charge on any atom is 0.325 e. The summed E-state index contributed by atoms with van der Waals surface area (Å²) >= 11 is 0. The highest BCUT2D eigenvalue weighted by Crippen LogP contribution is 2.37. The fraction of sp³-hybridized carbons (Fsp3) is 0.333. The van der Waals surface area contributed by atoms with Gasteiger partial charge in [0.2, 0.25) is 6.79 Å². The molecule has 2 aliphatic rings. The molecule has 2 atom stereocenters. The SMILES string of the molecule is COc1ccc(OC[C@H](O)CN2C(=O)N[C@](C)(c3ccc4c(c3)OCO4)C2=O)cc1. The average molecular weight is 414 g/mol. The zero-order valence-corrected chi connectivity index (χ0v) is 16.6. The molecule has 0 bridgehead atoms. The van der Waals surface area contributed by atoms with Gasteiger partial charge in [-0.1, -0.05) is 6.07 Å². The van der Waals surface area contributed by atoms with E-state index in [1.165, 1.54) is 0 Å². The Morgan fingerprint density at radius 2 is 1.83 bits per heavy atom. The molecule has 2 aromatic rings. The second-order valence-electron chi connectivity index (χ2n) is 7.18. The Morgan fingerprint density at radius 1 is 1.13 bits per heavy atom. The van der Waals surface area contributed by atoms with Crippen molar-refractivity contribution in [3.8, 4) is 23.0 Å². The van der Waals surface area contributed by atoms with E-state index in [4.69, 9.17) is 18.9 Å². The molecule has 4 rings (SSSR count). The minimum atomic E-state index is -1.27. The third-order valence-electron chi connectivity index (χ3n) is 5.12. The summed E-state index contributed by atoms with van der Waals surface area (Å²) in [5, 5.41) is 13.0. The van der Waals surface area contributed by atoms with Crippen LogP contribution in [0, 0.1) is 0 Å². The predicted molar refractivity (Wildman–Crippen MR) is 105 cm³/mol. The monoisotopic (exact) mass is 414 g/mol. The molecule has 30 heavy (non-hydrogen) atoms. The zero-order chi connectivity index (χ0) is 21.3. The van der Waals surface area contributed by atoms with Crippen molar-refractivity contribution < 1.29 is 33.6 Å². The number of benzene rings is 2. The number of hydrogen-bond acceptors (Lipinski definition) is 7. The van der Waals surface area contributed by atoms with E-state index in [0.29, 0.717) is 28.6 Å². The number of rotatable bonds is 7. The van der Waals surface area contributed by atoms with Crippen LogP contribution < -0.4 is 24.3 Å². The molecule has 2 heterocycles. The normalized spacial score (nSPS) is 20.8. The van der Waals surface area contributed by atoms with Crippen molar-refractivity contribution >= 4 is 11.9 Å². The number of ether oxygens (including phenoxy) is 4. The van der Waals surface area contributed by atoms with E-state index in [-0.39, 0.29) is 19.9 Å². The van der Waals surface area contributed by atoms with Crippen LogP contribution in [0.2, 0.25) is 0 Å². The topological polar surface area (TPSA) is 107 Å². The third kappa shape index (κ3) is 3.59. The van der Waals surface area contributed by atoms with Crippen LogP contribution in [0.3, 0.4) is 0 Å². The van der Waals surface area contributed by atoms with Crippen molar-refractivity contribution in [2.45, 2.75) is 18.6 Å². The van der Waals surface area contributed by atoms with Gasteiger partial charge >= 0.3 is 6.03 Å². The van der Waals surface area contributed by atoms with E-state index >= 15 is 0 Å². The number of carbonyl (C=O) groups excluding carboxylic acids is 2. The molecule has 0 aliphatic carbocycles. The first-order valence-electron chi connectivity index (χ1n) is 9.40. The van der Waals surface area contributed by atoms with Crippen LogP contribution >= 0.6 is 0 Å². The van der Waals surface area contributed by atoms with Crippen LogP contribution in [0.1, 0.15) is 12.5 Å². The van der Waals surface area contributed by atoms with E-state index in [2.05, 4.69) is 5.32 Å². The van der Waals surface area contributed by atoms with Gasteiger partial charge in [0, 0.05) is 0 Å². The summed E-state index contributed by atoms with van der Waals surface area (Å²) in [5.41, 5.74) is -0.703. The lowest BCUT2D eigenvalue weighted by Crippen LogP contribution is -2.42. The van der Waals surface area contributed by atoms with E-state index in [0.717, 1.165) is 4.90 Å². The van der Waals surface area contributed by atoms with Gasteiger partial charge in [-0.2, -0.15) is 0 Å². The molecule has 9 heteroatoms. The maximum absolute atomic E-state index is 13.0. The summed E-state index contributed by atoms with van der Waals surface area (Å²) in [6.45, 7) is 1.46. The Labute approximate surface area is 173 Å². The molecular formula is C21H22N2O7. The number of urea groups is 1. The molecule has 158 valence electrons. The smallest absolute Gasteiger partial charge is 0.325 e. The van der Waals surface area contributed by atoms with Crippen molar-refractivity contribution in [2.24, 2.45) is 0 Å². The summed E-state index contributed by atoms with van der Waals surface area (Å²) in [7, 11) is 1.56. The van der Waals surface area contributed by atoms with Crippen molar-refractivity contribution in [2.75, 3.05) is 27.1 Å². The molecule has 9 nitrogen and oxygen atoms in total. The molecule has 0 radical (unpaired) electrons. The lowest BCUT2D eigenvalue weighted by atomic mass is 9.91. The number of methoxy groups -OCH3 is 1. The van der Waals surface area contributed by atoms with Gasteiger partial charge in [0.05, 0.1) is 13.7 Å². The highest BCUT2D eigenvalue weighted by Gasteiger charge is 2.49. The summed E-state index contributed by atoms with van der Waals surface area (Å²) in [6.07, 6.45) is -1.05. The van der Waals surface area contributed by atoms with Gasteiger partial charge in [-0.05, 0) is 48.9 Å². The summed E-state index contributed by atoms with van der Waals surface area (Å²) in [4.78, 5) is 26.5. The molecule has 2 aliphatic heterocycles. The highest BCUT2D eigenvalue weighted by atomic mass is 16.7. The van der Waals surface area contributed by atoms with E-state index in [1.54, 1.807) is 56.5 Å². The minimum absolute atomic E-state index is 0.0792. The van der Waals surface area contributed by atoms with Gasteiger partial charge in [-0.3, -0.25) is 9.69 Å². The molecule has 0 saturated carbocycles. The van der Waals surface area contributed by atoms with Crippen LogP contribution in [-0.2, 0) is 10.3 Å². The van der Waals surface area contributed by atoms with E-state index < -0.39 is 23.6 Å². The summed E-state index contributed by atoms with van der Waals surface area (Å²) in [5.74, 6) is 1.86. The van der Waals surface area contributed by atoms with E-state index in [9.17, 15) is 14.7 Å². The second kappa shape index (κ2) is 7.75. The molecule has 0 unspecified atom stereocenters. The quantitative estimate of drug-likeness (QED) is 0.663. The number of nitrogens with one attached hydrogen (secondary N) is 1. The van der Waals surface area contributed by atoms with Gasteiger partial charge < -0.3 is 29.4 Å². The first-order valence-corrected chi connectivity index (χ1v) is 9.40. The van der Waals surface area contributed by atoms with Crippen LogP contribution in [0.5, 0.6) is 23.0 Å². The minimum Gasteiger partial charge on any atom is -0.497 e. The zero-order valence-electron chi connectivity index (χ0n) is 16.6. The molecular weight excluding hydrogens is 392 g/mol. The number of imide groups is 1. The standard InChI is InChI=1S/C21H22N2O7/c1-21(13-3-8-17-18(9-13)30-12-29-17)19(25)23(20(26)22-21)10-14(24)11-28-16-6-4-15(27-2)5-7-16/h3-9,14,24H,10-12H2,1-2H3,(H,22,26)/t14-,21-/m1/s1. The number of fused-ring (bicyclic) bond motifs is 1. The molecule has 3 amide bonds. The van der Waals surface area contributed by atoms with Crippen molar-refractivity contribution in [3.63, 3.8) is 0 Å². The van der Waals surface area contributed by atoms with Gasteiger partial charge in [0.15, 0.2) is 11.5 Å². The highest BCUT2D eigenvalue weighted by molar-refractivity contribution is 6.07. The van der Waals surface area contributed by atoms with Gasteiger partial charge in [-0.15, -0.1) is 0 Å². The van der Waals surface area contributed by atoms with Crippen molar-refractivity contribution in [1.82, 2.24) is 10.2 Å². The Morgan fingerprint density at radius 3 is 2.57 bits per heavy atom. The predicted octanol–water partition coefficient (Wildman–Crippen LogP) is 1.63. The van der Waals surface area contributed by atoms with Crippen molar-refractivity contribution in [3.05, 3.63) is 48.0 Å². The second-order valence-corrected chi connectivity index (χ2v) is 7.18. The first kappa shape index (κ1) is 19.8. The lowest BCUT2D eigenvalue weighted by molar-refractivity contribution is -0.132. The number of β-amino-alcohol motifs (C(OH)–C–C–N with tert-alkyl or cyclic N) is 1. The fourth-order valence-corrected chi connectivity index (χ4v) is 3.39. The summed E-state index contributed by atoms with van der Waals surface area (Å²) in [6, 6.07) is 11.4. The molecule has 2 N–H and O–H groups in total. The number of carbonyl (C=O) groups is 2. The Balaban J connectivity index is 1.40. The van der Waals surface area contributed by atoms with Crippen LogP contribution in [0.25, 0.3) is 0 Å². The fourth-order valence-electron chi connectivity index (χ4n) is 3.39. The van der Waals surface area contributed by atoms with E-state index in [1.807, 2.05) is 0 Å². The molecule has 2 aromatic carbocycles. The van der Waals surface area contributed by atoms with Crippen molar-refractivity contribution in [1.29, 1.82) is 0 Å². The van der Waals surface area contributed by atoms with Crippen LogP contribution in [-0.4, -0.2) is 55.1 Å². The maximum atomic E-state index is 13.0. The molecule has 1 saturated heterocycles. The molecule has 0 spiro atoms. The Hall–Kier alpha value is -3.46.